The number of nitrogens with one attached hydrogen (secondary N) is 1. The predicted molar refractivity (Wildman–Crippen MR) is 68.7 cm³/mol. The summed E-state index contributed by atoms with van der Waals surface area (Å²) < 4.78 is 1.91. The Labute approximate surface area is 104 Å². The summed E-state index contributed by atoms with van der Waals surface area (Å²) in [5.74, 6) is 1.90. The average molecular weight is 236 g/mol. The van der Waals surface area contributed by atoms with Gasteiger partial charge in [0.1, 0.15) is 12.2 Å². The van der Waals surface area contributed by atoms with Crippen LogP contribution in [0.25, 0.3) is 0 Å². The van der Waals surface area contributed by atoms with Crippen LogP contribution < -0.4 is 5.32 Å². The van der Waals surface area contributed by atoms with Crippen LogP contribution in [0.3, 0.4) is 0 Å². The first-order valence-electron chi connectivity index (χ1n) is 6.85. The van der Waals surface area contributed by atoms with E-state index in [0.717, 1.165) is 24.7 Å². The van der Waals surface area contributed by atoms with E-state index in [2.05, 4.69) is 22.3 Å². The summed E-state index contributed by atoms with van der Waals surface area (Å²) in [6.07, 6.45) is 9.45. The fraction of sp³-hybridized carbons (Fsp3) is 0.846. The molecule has 1 heterocycles. The normalized spacial score (nSPS) is 25.8. The van der Waals surface area contributed by atoms with Gasteiger partial charge in [-0.2, -0.15) is 5.10 Å². The van der Waals surface area contributed by atoms with Gasteiger partial charge in [-0.05, 0) is 31.7 Å². The Morgan fingerprint density at radius 3 is 2.94 bits per heavy atom. The van der Waals surface area contributed by atoms with Gasteiger partial charge in [0.15, 0.2) is 0 Å². The molecule has 0 aromatic carbocycles. The number of nitrogens with zero attached hydrogens (tertiary/aromatic N) is 3. The molecule has 4 heteroatoms. The van der Waals surface area contributed by atoms with E-state index in [1.807, 2.05) is 11.7 Å². The van der Waals surface area contributed by atoms with Crippen LogP contribution >= 0.6 is 0 Å². The molecular formula is C13H24N4. The molecule has 0 saturated heterocycles. The zero-order valence-corrected chi connectivity index (χ0v) is 11.0. The molecule has 4 nitrogen and oxygen atoms in total. The van der Waals surface area contributed by atoms with Gasteiger partial charge in [-0.1, -0.05) is 19.8 Å². The third kappa shape index (κ3) is 3.53. The summed E-state index contributed by atoms with van der Waals surface area (Å²) >= 11 is 0. The molecule has 1 aromatic rings. The highest BCUT2D eigenvalue weighted by Crippen LogP contribution is 2.25. The first kappa shape index (κ1) is 12.6. The second kappa shape index (κ2) is 6.15. The summed E-state index contributed by atoms with van der Waals surface area (Å²) in [5.41, 5.74) is 0. The molecule has 2 atom stereocenters. The van der Waals surface area contributed by atoms with E-state index in [1.165, 1.54) is 32.1 Å². The standard InChI is InChI=1S/C13H24N4/c1-3-14-12-7-5-4-6-11(8-12)9-13-15-10-16-17(13)2/h10-12,14H,3-9H2,1-2H3. The molecule has 1 fully saturated rings. The molecule has 96 valence electrons. The summed E-state index contributed by atoms with van der Waals surface area (Å²) in [5, 5.41) is 7.76. The Kier molecular flexibility index (Phi) is 4.54. The molecular weight excluding hydrogens is 212 g/mol. The van der Waals surface area contributed by atoms with E-state index in [9.17, 15) is 0 Å². The zero-order valence-electron chi connectivity index (χ0n) is 11.0. The fourth-order valence-corrected chi connectivity index (χ4v) is 2.88. The van der Waals surface area contributed by atoms with Gasteiger partial charge in [0.25, 0.3) is 0 Å². The fourth-order valence-electron chi connectivity index (χ4n) is 2.88. The van der Waals surface area contributed by atoms with Crippen molar-refractivity contribution in [2.45, 2.75) is 51.5 Å². The number of rotatable bonds is 4. The summed E-state index contributed by atoms with van der Waals surface area (Å²) in [4.78, 5) is 4.34. The summed E-state index contributed by atoms with van der Waals surface area (Å²) in [6, 6.07) is 0.709. The first-order valence-corrected chi connectivity index (χ1v) is 6.85. The van der Waals surface area contributed by atoms with Gasteiger partial charge < -0.3 is 5.32 Å². The van der Waals surface area contributed by atoms with Crippen LogP contribution in [0.5, 0.6) is 0 Å². The van der Waals surface area contributed by atoms with Crippen molar-refractivity contribution in [2.24, 2.45) is 13.0 Å². The molecule has 2 rings (SSSR count). The topological polar surface area (TPSA) is 42.7 Å². The van der Waals surface area contributed by atoms with E-state index >= 15 is 0 Å². The first-order chi connectivity index (χ1) is 8.29. The molecule has 0 bridgehead atoms. The van der Waals surface area contributed by atoms with Crippen molar-refractivity contribution in [1.29, 1.82) is 0 Å². The van der Waals surface area contributed by atoms with Gasteiger partial charge in [-0.15, -0.1) is 0 Å². The number of aromatic nitrogens is 3. The quantitative estimate of drug-likeness (QED) is 0.812. The molecule has 0 amide bonds. The van der Waals surface area contributed by atoms with Gasteiger partial charge in [0, 0.05) is 19.5 Å². The van der Waals surface area contributed by atoms with Crippen molar-refractivity contribution in [1.82, 2.24) is 20.1 Å². The molecule has 0 aliphatic heterocycles. The van der Waals surface area contributed by atoms with E-state index in [0.29, 0.717) is 6.04 Å². The lowest BCUT2D eigenvalue weighted by Gasteiger charge is -2.20. The third-order valence-electron chi connectivity index (χ3n) is 3.80. The van der Waals surface area contributed by atoms with Crippen LogP contribution in [-0.4, -0.2) is 27.4 Å². The Morgan fingerprint density at radius 1 is 1.41 bits per heavy atom. The lowest BCUT2D eigenvalue weighted by Crippen LogP contribution is -2.30. The smallest absolute Gasteiger partial charge is 0.138 e. The maximum Gasteiger partial charge on any atom is 0.138 e. The maximum absolute atomic E-state index is 4.34. The Bertz CT molecular complexity index is 334. The average Bonchev–Trinajstić information content (AvgIpc) is 2.59. The van der Waals surface area contributed by atoms with Crippen molar-refractivity contribution < 1.29 is 0 Å². The van der Waals surface area contributed by atoms with Gasteiger partial charge in [-0.25, -0.2) is 4.98 Å². The molecule has 0 spiro atoms. The van der Waals surface area contributed by atoms with Crippen molar-refractivity contribution in [3.05, 3.63) is 12.2 Å². The van der Waals surface area contributed by atoms with Gasteiger partial charge in [0.2, 0.25) is 0 Å². The monoisotopic (exact) mass is 236 g/mol. The van der Waals surface area contributed by atoms with Crippen molar-refractivity contribution >= 4 is 0 Å². The van der Waals surface area contributed by atoms with Gasteiger partial charge >= 0.3 is 0 Å². The van der Waals surface area contributed by atoms with Crippen molar-refractivity contribution in [3.63, 3.8) is 0 Å². The van der Waals surface area contributed by atoms with Gasteiger partial charge in [-0.3, -0.25) is 4.68 Å². The number of hydrogen-bond donors (Lipinski definition) is 1. The Morgan fingerprint density at radius 2 is 2.24 bits per heavy atom. The predicted octanol–water partition coefficient (Wildman–Crippen LogP) is 1.92. The number of aryl methyl sites for hydroxylation is 1. The molecule has 1 aliphatic rings. The van der Waals surface area contributed by atoms with E-state index in [4.69, 9.17) is 0 Å². The summed E-state index contributed by atoms with van der Waals surface area (Å²) in [6.45, 7) is 3.28. The molecule has 1 aromatic heterocycles. The van der Waals surface area contributed by atoms with Crippen molar-refractivity contribution in [2.75, 3.05) is 6.54 Å². The van der Waals surface area contributed by atoms with E-state index < -0.39 is 0 Å². The Hall–Kier alpha value is -0.900. The third-order valence-corrected chi connectivity index (χ3v) is 3.80. The molecule has 1 saturated carbocycles. The molecule has 17 heavy (non-hydrogen) atoms. The molecule has 2 unspecified atom stereocenters. The molecule has 1 N–H and O–H groups in total. The molecule has 1 aliphatic carbocycles. The largest absolute Gasteiger partial charge is 0.314 e. The second-order valence-electron chi connectivity index (χ2n) is 5.14. The summed E-state index contributed by atoms with van der Waals surface area (Å²) in [7, 11) is 1.99. The zero-order chi connectivity index (χ0) is 12.1. The Balaban J connectivity index is 1.92. The van der Waals surface area contributed by atoms with Crippen LogP contribution in [0, 0.1) is 5.92 Å². The number of hydrogen-bond acceptors (Lipinski definition) is 3. The highest BCUT2D eigenvalue weighted by atomic mass is 15.3. The van der Waals surface area contributed by atoms with Crippen molar-refractivity contribution in [3.8, 4) is 0 Å². The van der Waals surface area contributed by atoms with Crippen LogP contribution in [-0.2, 0) is 13.5 Å². The minimum atomic E-state index is 0.709. The van der Waals surface area contributed by atoms with Crippen LogP contribution in [0.1, 0.15) is 44.9 Å². The lowest BCUT2D eigenvalue weighted by atomic mass is 9.94. The van der Waals surface area contributed by atoms with Crippen LogP contribution in [0.15, 0.2) is 6.33 Å². The minimum Gasteiger partial charge on any atom is -0.314 e. The van der Waals surface area contributed by atoms with E-state index in [-0.39, 0.29) is 0 Å². The second-order valence-corrected chi connectivity index (χ2v) is 5.14. The SMILES string of the molecule is CCNC1CCCCC(Cc2ncnn2C)C1. The highest BCUT2D eigenvalue weighted by molar-refractivity contribution is 4.88. The van der Waals surface area contributed by atoms with Crippen LogP contribution in [0.2, 0.25) is 0 Å². The highest BCUT2D eigenvalue weighted by Gasteiger charge is 2.21. The van der Waals surface area contributed by atoms with Gasteiger partial charge in [0.05, 0.1) is 0 Å². The minimum absolute atomic E-state index is 0.709. The maximum atomic E-state index is 4.34. The lowest BCUT2D eigenvalue weighted by molar-refractivity contribution is 0.380. The molecule has 0 radical (unpaired) electrons. The van der Waals surface area contributed by atoms with Crippen LogP contribution in [0.4, 0.5) is 0 Å². The van der Waals surface area contributed by atoms with E-state index in [1.54, 1.807) is 6.33 Å².